The van der Waals surface area contributed by atoms with Crippen molar-refractivity contribution >= 4 is 11.9 Å². The van der Waals surface area contributed by atoms with Crippen molar-refractivity contribution in [2.75, 3.05) is 7.11 Å². The van der Waals surface area contributed by atoms with Crippen LogP contribution < -0.4 is 10.3 Å². The molecule has 22 heavy (non-hydrogen) atoms. The Morgan fingerprint density at radius 3 is 2.55 bits per heavy atom. The van der Waals surface area contributed by atoms with Crippen LogP contribution in [0.5, 0.6) is 5.75 Å². The fourth-order valence-corrected chi connectivity index (χ4v) is 2.42. The largest absolute Gasteiger partial charge is 0.496 e. The van der Waals surface area contributed by atoms with Gasteiger partial charge in [-0.15, -0.1) is 0 Å². The summed E-state index contributed by atoms with van der Waals surface area (Å²) < 4.78 is 5.27. The van der Waals surface area contributed by atoms with E-state index in [1.807, 2.05) is 24.3 Å². The number of carbonyl (C=O) groups excluding carboxylic acids is 1. The van der Waals surface area contributed by atoms with Gasteiger partial charge >= 0.3 is 0 Å². The van der Waals surface area contributed by atoms with Crippen molar-refractivity contribution in [2.24, 2.45) is 0 Å². The first kappa shape index (κ1) is 15.8. The summed E-state index contributed by atoms with van der Waals surface area (Å²) >= 11 is 0. The van der Waals surface area contributed by atoms with Gasteiger partial charge < -0.3 is 9.72 Å². The van der Waals surface area contributed by atoms with Crippen LogP contribution in [0.25, 0.3) is 6.08 Å². The summed E-state index contributed by atoms with van der Waals surface area (Å²) in [5.41, 5.74) is 2.55. The SMILES string of the molecule is COc1ccccc1/C=C(\C)C(=O)c1c(C)cc(C)[nH]c1=O. The van der Waals surface area contributed by atoms with Gasteiger partial charge in [-0.3, -0.25) is 9.59 Å². The zero-order valence-electron chi connectivity index (χ0n) is 13.2. The first-order chi connectivity index (χ1) is 10.4. The molecule has 0 aliphatic heterocycles. The highest BCUT2D eigenvalue weighted by molar-refractivity contribution is 6.11. The molecule has 0 saturated heterocycles. The van der Waals surface area contributed by atoms with Crippen molar-refractivity contribution in [3.8, 4) is 5.75 Å². The quantitative estimate of drug-likeness (QED) is 0.696. The molecule has 4 heteroatoms. The number of rotatable bonds is 4. The molecule has 4 nitrogen and oxygen atoms in total. The van der Waals surface area contributed by atoms with E-state index in [0.29, 0.717) is 16.9 Å². The first-order valence-electron chi connectivity index (χ1n) is 7.00. The van der Waals surface area contributed by atoms with Gasteiger partial charge in [0.05, 0.1) is 12.7 Å². The zero-order valence-corrected chi connectivity index (χ0v) is 13.2. The van der Waals surface area contributed by atoms with Crippen LogP contribution in [0, 0.1) is 13.8 Å². The van der Waals surface area contributed by atoms with Crippen molar-refractivity contribution in [2.45, 2.75) is 20.8 Å². The van der Waals surface area contributed by atoms with Gasteiger partial charge in [-0.05, 0) is 50.1 Å². The number of allylic oxidation sites excluding steroid dienone is 1. The highest BCUT2D eigenvalue weighted by atomic mass is 16.5. The second-order valence-electron chi connectivity index (χ2n) is 5.24. The predicted octanol–water partition coefficient (Wildman–Crippen LogP) is 3.29. The standard InChI is InChI=1S/C18H19NO3/c1-11-9-13(3)19-18(21)16(11)17(20)12(2)10-14-7-5-6-8-15(14)22-4/h5-10H,1-4H3,(H,19,21)/b12-10+. The van der Waals surface area contributed by atoms with Gasteiger partial charge in [-0.25, -0.2) is 0 Å². The lowest BCUT2D eigenvalue weighted by atomic mass is 9.99. The molecule has 1 N–H and O–H groups in total. The summed E-state index contributed by atoms with van der Waals surface area (Å²) in [6, 6.07) is 9.22. The van der Waals surface area contributed by atoms with Gasteiger partial charge in [0.25, 0.3) is 5.56 Å². The topological polar surface area (TPSA) is 59.2 Å². The Balaban J connectivity index is 2.46. The Bertz CT molecular complexity index is 800. The number of ketones is 1. The van der Waals surface area contributed by atoms with Crippen molar-refractivity contribution in [3.05, 3.63) is 68.6 Å². The first-order valence-corrected chi connectivity index (χ1v) is 7.00. The monoisotopic (exact) mass is 297 g/mol. The summed E-state index contributed by atoms with van der Waals surface area (Å²) in [7, 11) is 1.58. The highest BCUT2D eigenvalue weighted by Crippen LogP contribution is 2.21. The number of para-hydroxylation sites is 1. The number of nitrogens with one attached hydrogen (secondary N) is 1. The number of methoxy groups -OCH3 is 1. The third-order valence-electron chi connectivity index (χ3n) is 3.46. The van der Waals surface area contributed by atoms with E-state index in [1.165, 1.54) is 0 Å². The van der Waals surface area contributed by atoms with E-state index in [4.69, 9.17) is 4.74 Å². The fraction of sp³-hybridized carbons (Fsp3) is 0.222. The molecule has 0 aliphatic carbocycles. The lowest BCUT2D eigenvalue weighted by Crippen LogP contribution is -2.21. The van der Waals surface area contributed by atoms with Crippen molar-refractivity contribution in [1.82, 2.24) is 4.98 Å². The molecule has 0 saturated carbocycles. The van der Waals surface area contributed by atoms with E-state index in [9.17, 15) is 9.59 Å². The number of pyridine rings is 1. The normalized spacial score (nSPS) is 11.4. The molecule has 1 heterocycles. The molecule has 0 fully saturated rings. The number of carbonyl (C=O) groups is 1. The Hall–Kier alpha value is -2.62. The molecule has 0 bridgehead atoms. The Labute approximate surface area is 129 Å². The maximum Gasteiger partial charge on any atom is 0.259 e. The summed E-state index contributed by atoms with van der Waals surface area (Å²) in [5, 5.41) is 0. The smallest absolute Gasteiger partial charge is 0.259 e. The van der Waals surface area contributed by atoms with E-state index in [1.54, 1.807) is 40.0 Å². The number of H-pyrrole nitrogens is 1. The number of ether oxygens (including phenoxy) is 1. The van der Waals surface area contributed by atoms with Gasteiger partial charge in [0.2, 0.25) is 0 Å². The van der Waals surface area contributed by atoms with E-state index < -0.39 is 0 Å². The Morgan fingerprint density at radius 2 is 1.91 bits per heavy atom. The van der Waals surface area contributed by atoms with Crippen LogP contribution in [0.4, 0.5) is 0 Å². The Morgan fingerprint density at radius 1 is 1.23 bits per heavy atom. The van der Waals surface area contributed by atoms with Crippen LogP contribution >= 0.6 is 0 Å². The van der Waals surface area contributed by atoms with Crippen LogP contribution in [0.2, 0.25) is 0 Å². The minimum absolute atomic E-state index is 0.189. The molecule has 0 radical (unpaired) electrons. The predicted molar refractivity (Wildman–Crippen MR) is 87.5 cm³/mol. The van der Waals surface area contributed by atoms with Gasteiger partial charge in [-0.1, -0.05) is 18.2 Å². The number of hydrogen-bond donors (Lipinski definition) is 1. The van der Waals surface area contributed by atoms with E-state index in [-0.39, 0.29) is 16.9 Å². The fourth-order valence-electron chi connectivity index (χ4n) is 2.42. The van der Waals surface area contributed by atoms with Crippen molar-refractivity contribution in [3.63, 3.8) is 0 Å². The molecule has 1 aromatic carbocycles. The molecule has 0 aliphatic rings. The lowest BCUT2D eigenvalue weighted by Gasteiger charge is -2.07. The maximum absolute atomic E-state index is 12.6. The number of Topliss-reactive ketones (excluding diaryl/α,β-unsaturated/α-hetero) is 1. The number of aromatic amines is 1. The highest BCUT2D eigenvalue weighted by Gasteiger charge is 2.16. The molecule has 2 aromatic rings. The summed E-state index contributed by atoms with van der Waals surface area (Å²) in [4.78, 5) is 27.3. The molecule has 0 amide bonds. The Kier molecular flexibility index (Phi) is 4.61. The average molecular weight is 297 g/mol. The lowest BCUT2D eigenvalue weighted by molar-refractivity contribution is 0.103. The van der Waals surface area contributed by atoms with Gasteiger partial charge in [0.1, 0.15) is 5.75 Å². The minimum Gasteiger partial charge on any atom is -0.496 e. The van der Waals surface area contributed by atoms with Gasteiger partial charge in [0, 0.05) is 11.3 Å². The molecule has 0 spiro atoms. The second-order valence-corrected chi connectivity index (χ2v) is 5.24. The zero-order chi connectivity index (χ0) is 16.3. The minimum atomic E-state index is -0.352. The van der Waals surface area contributed by atoms with Crippen LogP contribution in [0.1, 0.15) is 34.1 Å². The van der Waals surface area contributed by atoms with Crippen molar-refractivity contribution < 1.29 is 9.53 Å². The molecule has 0 unspecified atom stereocenters. The third-order valence-corrected chi connectivity index (χ3v) is 3.46. The van der Waals surface area contributed by atoms with E-state index >= 15 is 0 Å². The van der Waals surface area contributed by atoms with Crippen molar-refractivity contribution in [1.29, 1.82) is 0 Å². The number of aryl methyl sites for hydroxylation is 2. The molecule has 114 valence electrons. The van der Waals surface area contributed by atoms with E-state index in [0.717, 1.165) is 11.3 Å². The van der Waals surface area contributed by atoms with Gasteiger partial charge in [-0.2, -0.15) is 0 Å². The molecule has 0 atom stereocenters. The number of aromatic nitrogens is 1. The maximum atomic E-state index is 12.6. The van der Waals surface area contributed by atoms with Crippen LogP contribution in [-0.4, -0.2) is 17.9 Å². The van der Waals surface area contributed by atoms with Crippen LogP contribution in [0.15, 0.2) is 40.7 Å². The molecular formula is C18H19NO3. The molecule has 2 rings (SSSR count). The second kappa shape index (κ2) is 6.43. The van der Waals surface area contributed by atoms with Gasteiger partial charge in [0.15, 0.2) is 5.78 Å². The number of benzene rings is 1. The molecule has 1 aromatic heterocycles. The van der Waals surface area contributed by atoms with E-state index in [2.05, 4.69) is 4.98 Å². The summed E-state index contributed by atoms with van der Waals surface area (Å²) in [6.07, 6.45) is 1.74. The number of hydrogen-bond acceptors (Lipinski definition) is 3. The molecular weight excluding hydrogens is 278 g/mol. The third kappa shape index (κ3) is 3.17. The summed E-state index contributed by atoms with van der Waals surface area (Å²) in [5.74, 6) is 0.411. The van der Waals surface area contributed by atoms with Crippen LogP contribution in [0.3, 0.4) is 0 Å². The summed E-state index contributed by atoms with van der Waals surface area (Å²) in [6.45, 7) is 5.26. The average Bonchev–Trinajstić information content (AvgIpc) is 2.46. The van der Waals surface area contributed by atoms with Crippen LogP contribution in [-0.2, 0) is 0 Å².